The Kier molecular flexibility index (Phi) is 3.19. The molecule has 0 radical (unpaired) electrons. The van der Waals surface area contributed by atoms with Crippen LogP contribution in [0.15, 0.2) is 47.4 Å². The summed E-state index contributed by atoms with van der Waals surface area (Å²) in [5.74, 6) is 0.974. The molecule has 0 amide bonds. The van der Waals surface area contributed by atoms with E-state index in [0.29, 0.717) is 13.1 Å². The molecule has 2 heterocycles. The number of ether oxygens (including phenoxy) is 1. The van der Waals surface area contributed by atoms with Crippen molar-refractivity contribution in [3.05, 3.63) is 53.6 Å². The maximum atomic E-state index is 10.4. The number of aromatic nitrogens is 1. The molecule has 4 rings (SSSR count). The summed E-state index contributed by atoms with van der Waals surface area (Å²) in [6.45, 7) is 0.823. The number of benzene rings is 2. The quantitative estimate of drug-likeness (QED) is 0.682. The van der Waals surface area contributed by atoms with Gasteiger partial charge in [0.05, 0.1) is 5.69 Å². The topological polar surface area (TPSA) is 31.2 Å². The van der Waals surface area contributed by atoms with E-state index in [1.165, 1.54) is 32.6 Å². The van der Waals surface area contributed by atoms with Crippen LogP contribution in [0.5, 0.6) is 0 Å². The Bertz CT molecular complexity index is 882. The summed E-state index contributed by atoms with van der Waals surface area (Å²) in [5, 5.41) is 1.26. The fourth-order valence-electron chi connectivity index (χ4n) is 3.22. The van der Waals surface area contributed by atoms with Crippen LogP contribution in [0.2, 0.25) is 0 Å². The maximum Gasteiger partial charge on any atom is 0.293 e. The Morgan fingerprint density at radius 3 is 3.00 bits per heavy atom. The molecule has 0 saturated carbocycles. The number of nitrogens with zero attached hydrogens (tertiary/aromatic N) is 1. The zero-order valence-corrected chi connectivity index (χ0v) is 13.0. The van der Waals surface area contributed by atoms with Crippen LogP contribution in [0.1, 0.15) is 11.1 Å². The second kappa shape index (κ2) is 5.21. The predicted octanol–water partition coefficient (Wildman–Crippen LogP) is 4.12. The van der Waals surface area contributed by atoms with Crippen molar-refractivity contribution in [2.24, 2.45) is 7.05 Å². The third-order valence-electron chi connectivity index (χ3n) is 4.20. The summed E-state index contributed by atoms with van der Waals surface area (Å²) >= 11 is 1.88. The maximum absolute atomic E-state index is 10.4. The lowest BCUT2D eigenvalue weighted by atomic mass is 10.0. The number of carbonyl (C=O) groups is 1. The van der Waals surface area contributed by atoms with Crippen LogP contribution in [0, 0.1) is 0 Å². The van der Waals surface area contributed by atoms with Crippen molar-refractivity contribution in [2.45, 2.75) is 17.3 Å². The standard InChI is InChI=1S/C18H15NO2S/c1-19-16-7-6-12(9-21-11-20)8-14(16)15-10-22-17-5-3-2-4-13(17)18(15)19/h2-8,11H,9-10H2,1H3. The number of hydrogen-bond donors (Lipinski definition) is 0. The van der Waals surface area contributed by atoms with Gasteiger partial charge in [0.25, 0.3) is 6.47 Å². The first-order valence-corrected chi connectivity index (χ1v) is 8.16. The molecule has 110 valence electrons. The molecule has 0 spiro atoms. The lowest BCUT2D eigenvalue weighted by molar-refractivity contribution is -0.129. The second-order valence-electron chi connectivity index (χ2n) is 5.43. The SMILES string of the molecule is Cn1c2c(c3cc(COC=O)ccc31)CSc1ccccc1-2. The molecule has 3 nitrogen and oxygen atoms in total. The number of thioether (sulfide) groups is 1. The second-order valence-corrected chi connectivity index (χ2v) is 6.45. The van der Waals surface area contributed by atoms with Gasteiger partial charge in [-0.3, -0.25) is 4.79 Å². The molecule has 0 bridgehead atoms. The Labute approximate surface area is 132 Å². The fourth-order valence-corrected chi connectivity index (χ4v) is 4.30. The van der Waals surface area contributed by atoms with Crippen molar-refractivity contribution in [3.63, 3.8) is 0 Å². The summed E-state index contributed by atoms with van der Waals surface area (Å²) in [6, 6.07) is 14.8. The van der Waals surface area contributed by atoms with Gasteiger partial charge in [-0.2, -0.15) is 0 Å². The Morgan fingerprint density at radius 1 is 1.27 bits per heavy atom. The molecule has 4 heteroatoms. The van der Waals surface area contributed by atoms with Crippen molar-refractivity contribution in [1.29, 1.82) is 0 Å². The number of fused-ring (bicyclic) bond motifs is 5. The van der Waals surface area contributed by atoms with Gasteiger partial charge >= 0.3 is 0 Å². The third-order valence-corrected chi connectivity index (χ3v) is 5.30. The van der Waals surface area contributed by atoms with Crippen molar-refractivity contribution in [3.8, 4) is 11.3 Å². The van der Waals surface area contributed by atoms with Gasteiger partial charge in [-0.25, -0.2) is 0 Å². The highest BCUT2D eigenvalue weighted by Gasteiger charge is 2.23. The molecule has 0 saturated heterocycles. The molecule has 1 aromatic heterocycles. The van der Waals surface area contributed by atoms with Gasteiger partial charge in [0.1, 0.15) is 6.61 Å². The molecule has 22 heavy (non-hydrogen) atoms. The Hall–Kier alpha value is -2.20. The molecule has 1 aliphatic rings. The zero-order chi connectivity index (χ0) is 15.1. The van der Waals surface area contributed by atoms with E-state index >= 15 is 0 Å². The minimum atomic E-state index is 0.326. The highest BCUT2D eigenvalue weighted by atomic mass is 32.2. The molecule has 0 fully saturated rings. The highest BCUT2D eigenvalue weighted by Crippen LogP contribution is 2.45. The van der Waals surface area contributed by atoms with E-state index in [1.807, 2.05) is 17.8 Å². The van der Waals surface area contributed by atoms with E-state index in [-0.39, 0.29) is 0 Å². The summed E-state index contributed by atoms with van der Waals surface area (Å²) in [4.78, 5) is 11.7. The van der Waals surface area contributed by atoms with E-state index in [4.69, 9.17) is 4.74 Å². The number of hydrogen-bond acceptors (Lipinski definition) is 3. The van der Waals surface area contributed by atoms with Crippen molar-refractivity contribution in [2.75, 3.05) is 0 Å². The van der Waals surface area contributed by atoms with Gasteiger partial charge in [-0.05, 0) is 29.3 Å². The number of aryl methyl sites for hydroxylation is 1. The van der Waals surface area contributed by atoms with Crippen LogP contribution in [0.3, 0.4) is 0 Å². The van der Waals surface area contributed by atoms with E-state index in [9.17, 15) is 4.79 Å². The Balaban J connectivity index is 1.94. The van der Waals surface area contributed by atoms with Gasteiger partial charge in [-0.15, -0.1) is 11.8 Å². The lowest BCUT2D eigenvalue weighted by Crippen LogP contribution is -1.98. The van der Waals surface area contributed by atoms with Gasteiger partial charge in [-0.1, -0.05) is 24.3 Å². The van der Waals surface area contributed by atoms with Gasteiger partial charge in [0.2, 0.25) is 0 Å². The van der Waals surface area contributed by atoms with E-state index in [1.54, 1.807) is 0 Å². The van der Waals surface area contributed by atoms with E-state index in [0.717, 1.165) is 11.3 Å². The minimum Gasteiger partial charge on any atom is -0.463 e. The first kappa shape index (κ1) is 13.5. The zero-order valence-electron chi connectivity index (χ0n) is 12.2. The molecule has 0 N–H and O–H groups in total. The Morgan fingerprint density at radius 2 is 2.14 bits per heavy atom. The minimum absolute atomic E-state index is 0.326. The van der Waals surface area contributed by atoms with Gasteiger partial charge in [0, 0.05) is 34.2 Å². The first-order valence-electron chi connectivity index (χ1n) is 7.17. The van der Waals surface area contributed by atoms with Crippen LogP contribution in [-0.2, 0) is 28.9 Å². The molecule has 2 aromatic carbocycles. The monoisotopic (exact) mass is 309 g/mol. The third kappa shape index (κ3) is 1.95. The highest BCUT2D eigenvalue weighted by molar-refractivity contribution is 7.98. The van der Waals surface area contributed by atoms with E-state index < -0.39 is 0 Å². The molecule has 3 aromatic rings. The summed E-state index contributed by atoms with van der Waals surface area (Å²) in [5.41, 5.74) is 6.22. The van der Waals surface area contributed by atoms with E-state index in [2.05, 4.69) is 48.0 Å². The van der Waals surface area contributed by atoms with Crippen LogP contribution in [0.25, 0.3) is 22.2 Å². The lowest BCUT2D eigenvalue weighted by Gasteiger charge is -2.17. The molecule has 1 aliphatic heterocycles. The molecule has 0 aliphatic carbocycles. The molecule has 0 unspecified atom stereocenters. The van der Waals surface area contributed by atoms with Crippen LogP contribution in [-0.4, -0.2) is 11.0 Å². The first-order chi connectivity index (χ1) is 10.8. The van der Waals surface area contributed by atoms with Crippen LogP contribution < -0.4 is 0 Å². The van der Waals surface area contributed by atoms with Crippen LogP contribution >= 0.6 is 11.8 Å². The van der Waals surface area contributed by atoms with Crippen molar-refractivity contribution < 1.29 is 9.53 Å². The molecular formula is C18H15NO2S. The molecule has 0 atom stereocenters. The summed E-state index contributed by atoms with van der Waals surface area (Å²) in [6.07, 6.45) is 0. The predicted molar refractivity (Wildman–Crippen MR) is 88.8 cm³/mol. The summed E-state index contributed by atoms with van der Waals surface area (Å²) in [7, 11) is 2.12. The number of carbonyl (C=O) groups excluding carboxylic acids is 1. The van der Waals surface area contributed by atoms with Gasteiger partial charge in [0.15, 0.2) is 0 Å². The molecular weight excluding hydrogens is 294 g/mol. The normalized spacial score (nSPS) is 12.8. The average Bonchev–Trinajstić information content (AvgIpc) is 2.86. The van der Waals surface area contributed by atoms with Crippen LogP contribution in [0.4, 0.5) is 0 Å². The smallest absolute Gasteiger partial charge is 0.293 e. The largest absolute Gasteiger partial charge is 0.463 e. The summed E-state index contributed by atoms with van der Waals surface area (Å²) < 4.78 is 7.15. The fraction of sp³-hybridized carbons (Fsp3) is 0.167. The van der Waals surface area contributed by atoms with Crippen molar-refractivity contribution in [1.82, 2.24) is 4.57 Å². The van der Waals surface area contributed by atoms with Gasteiger partial charge < -0.3 is 9.30 Å². The number of rotatable bonds is 3. The van der Waals surface area contributed by atoms with Crippen molar-refractivity contribution >= 4 is 29.1 Å². The average molecular weight is 309 g/mol.